The molecule has 1 aliphatic carbocycles. The Balaban J connectivity index is 2.70. The molecule has 2 N–H and O–H groups in total. The van der Waals surface area contributed by atoms with Crippen molar-refractivity contribution in [2.75, 3.05) is 26.2 Å². The molecule has 2 amide bonds. The van der Waals surface area contributed by atoms with Crippen molar-refractivity contribution in [3.05, 3.63) is 0 Å². The normalized spacial score (nSPS) is 15.0. The number of carboxylic acid groups (broad SMARTS) is 1. The number of alkyl halides is 3. The molecule has 0 aromatic carbocycles. The average molecular weight is 298 g/mol. The van der Waals surface area contributed by atoms with Crippen LogP contribution in [0.1, 0.15) is 19.3 Å². The summed E-state index contributed by atoms with van der Waals surface area (Å²) in [5, 5.41) is 17.4. The maximum Gasteiger partial charge on any atom is 0.406 e. The Bertz CT molecular complexity index is 358. The van der Waals surface area contributed by atoms with Gasteiger partial charge in [-0.1, -0.05) is 0 Å². The number of urea groups is 1. The Labute approximate surface area is 113 Å². The number of hydrogen-bond donors (Lipinski definition) is 2. The van der Waals surface area contributed by atoms with Crippen LogP contribution in [0.5, 0.6) is 0 Å². The molecule has 0 aliphatic heterocycles. The number of halogens is 3. The van der Waals surface area contributed by atoms with Gasteiger partial charge < -0.3 is 20.0 Å². The molecular weight excluding hydrogens is 281 g/mol. The van der Waals surface area contributed by atoms with Gasteiger partial charge in [0.05, 0.1) is 13.0 Å². The van der Waals surface area contributed by atoms with Crippen LogP contribution in [0.15, 0.2) is 0 Å². The summed E-state index contributed by atoms with van der Waals surface area (Å²) in [6.45, 7) is -2.60. The summed E-state index contributed by atoms with van der Waals surface area (Å²) in [5.74, 6) is -1.12. The van der Waals surface area contributed by atoms with Crippen molar-refractivity contribution in [2.45, 2.75) is 31.5 Å². The maximum absolute atomic E-state index is 12.4. The van der Waals surface area contributed by atoms with Crippen LogP contribution in [0.25, 0.3) is 0 Å². The van der Waals surface area contributed by atoms with Gasteiger partial charge in [0.15, 0.2) is 0 Å². The highest BCUT2D eigenvalue weighted by atomic mass is 19.4. The zero-order valence-electron chi connectivity index (χ0n) is 10.8. The first-order valence-electron chi connectivity index (χ1n) is 6.19. The fourth-order valence-corrected chi connectivity index (χ4v) is 1.80. The van der Waals surface area contributed by atoms with Gasteiger partial charge in [-0.05, 0) is 12.8 Å². The van der Waals surface area contributed by atoms with E-state index in [2.05, 4.69) is 0 Å². The number of carbonyl (C=O) groups is 2. The number of hydrogen-bond acceptors (Lipinski definition) is 3. The predicted octanol–water partition coefficient (Wildman–Crippen LogP) is 0.902. The molecule has 0 radical (unpaired) electrons. The highest BCUT2D eigenvalue weighted by molar-refractivity contribution is 5.76. The molecule has 0 unspecified atom stereocenters. The molecular formula is C11H17F3N2O4. The SMILES string of the molecule is O=C(O)CCN(C(=O)N(CCO)CC(F)(F)F)C1CC1. The Morgan fingerprint density at radius 3 is 2.20 bits per heavy atom. The van der Waals surface area contributed by atoms with E-state index in [1.807, 2.05) is 0 Å². The molecule has 20 heavy (non-hydrogen) atoms. The van der Waals surface area contributed by atoms with E-state index in [1.165, 1.54) is 0 Å². The molecule has 1 fully saturated rings. The van der Waals surface area contributed by atoms with E-state index in [0.29, 0.717) is 17.7 Å². The van der Waals surface area contributed by atoms with Gasteiger partial charge in [0.25, 0.3) is 0 Å². The molecule has 0 bridgehead atoms. The van der Waals surface area contributed by atoms with Crippen molar-refractivity contribution < 1.29 is 33.0 Å². The van der Waals surface area contributed by atoms with E-state index < -0.39 is 37.9 Å². The van der Waals surface area contributed by atoms with Gasteiger partial charge in [0.2, 0.25) is 0 Å². The molecule has 1 aliphatic rings. The van der Waals surface area contributed by atoms with E-state index >= 15 is 0 Å². The van der Waals surface area contributed by atoms with Crippen molar-refractivity contribution in [3.63, 3.8) is 0 Å². The summed E-state index contributed by atoms with van der Waals surface area (Å²) in [6, 6.07) is -1.07. The second kappa shape index (κ2) is 6.78. The van der Waals surface area contributed by atoms with Crippen LogP contribution in [-0.2, 0) is 4.79 Å². The summed E-state index contributed by atoms with van der Waals surface area (Å²) in [6.07, 6.45) is -3.57. The summed E-state index contributed by atoms with van der Waals surface area (Å²) < 4.78 is 37.2. The van der Waals surface area contributed by atoms with Gasteiger partial charge >= 0.3 is 18.2 Å². The smallest absolute Gasteiger partial charge is 0.406 e. The standard InChI is InChI=1S/C11H17F3N2O4/c12-11(13,14)7-15(5-6-17)10(20)16(8-1-2-8)4-3-9(18)19/h8,17H,1-7H2,(H,18,19). The number of aliphatic hydroxyl groups excluding tert-OH is 1. The molecule has 0 aromatic heterocycles. The molecule has 0 saturated heterocycles. The monoisotopic (exact) mass is 298 g/mol. The lowest BCUT2D eigenvalue weighted by atomic mass is 10.3. The van der Waals surface area contributed by atoms with E-state index in [0.717, 1.165) is 4.90 Å². The molecule has 0 spiro atoms. The third kappa shape index (κ3) is 5.64. The topological polar surface area (TPSA) is 81.1 Å². The van der Waals surface area contributed by atoms with Crippen molar-refractivity contribution in [3.8, 4) is 0 Å². The molecule has 0 aromatic rings. The summed E-state index contributed by atoms with van der Waals surface area (Å²) in [7, 11) is 0. The number of aliphatic carboxylic acids is 1. The largest absolute Gasteiger partial charge is 0.481 e. The Morgan fingerprint density at radius 1 is 1.20 bits per heavy atom. The van der Waals surface area contributed by atoms with Crippen LogP contribution in [0.4, 0.5) is 18.0 Å². The average Bonchev–Trinajstić information content (AvgIpc) is 3.10. The second-order valence-electron chi connectivity index (χ2n) is 4.61. The summed E-state index contributed by atoms with van der Waals surface area (Å²) in [5.41, 5.74) is 0. The Kier molecular flexibility index (Phi) is 5.61. The van der Waals surface area contributed by atoms with E-state index in [4.69, 9.17) is 10.2 Å². The fourth-order valence-electron chi connectivity index (χ4n) is 1.80. The minimum atomic E-state index is -4.56. The van der Waals surface area contributed by atoms with Crippen LogP contribution in [0.2, 0.25) is 0 Å². The highest BCUT2D eigenvalue weighted by Gasteiger charge is 2.39. The van der Waals surface area contributed by atoms with Crippen LogP contribution in [0, 0.1) is 0 Å². The quantitative estimate of drug-likeness (QED) is 0.732. The van der Waals surface area contributed by atoms with Gasteiger partial charge in [-0.3, -0.25) is 4.79 Å². The summed E-state index contributed by atoms with van der Waals surface area (Å²) in [4.78, 5) is 24.2. The van der Waals surface area contributed by atoms with Crippen LogP contribution >= 0.6 is 0 Å². The van der Waals surface area contributed by atoms with Crippen LogP contribution in [-0.4, -0.2) is 70.5 Å². The number of rotatable bonds is 7. The molecule has 6 nitrogen and oxygen atoms in total. The summed E-state index contributed by atoms with van der Waals surface area (Å²) >= 11 is 0. The predicted molar refractivity (Wildman–Crippen MR) is 62.1 cm³/mol. The van der Waals surface area contributed by atoms with E-state index in [-0.39, 0.29) is 19.0 Å². The lowest BCUT2D eigenvalue weighted by Gasteiger charge is -2.30. The third-order valence-electron chi connectivity index (χ3n) is 2.81. The fraction of sp³-hybridized carbons (Fsp3) is 0.818. The molecule has 1 saturated carbocycles. The number of aliphatic hydroxyl groups is 1. The minimum Gasteiger partial charge on any atom is -0.481 e. The molecule has 9 heteroatoms. The van der Waals surface area contributed by atoms with Gasteiger partial charge in [-0.25, -0.2) is 4.79 Å². The molecule has 0 atom stereocenters. The zero-order chi connectivity index (χ0) is 15.3. The molecule has 1 rings (SSSR count). The van der Waals surface area contributed by atoms with E-state index in [1.54, 1.807) is 0 Å². The maximum atomic E-state index is 12.4. The second-order valence-corrected chi connectivity index (χ2v) is 4.61. The Hall–Kier alpha value is -1.51. The lowest BCUT2D eigenvalue weighted by molar-refractivity contribution is -0.142. The van der Waals surface area contributed by atoms with Crippen molar-refractivity contribution in [2.24, 2.45) is 0 Å². The van der Waals surface area contributed by atoms with Gasteiger partial charge in [-0.2, -0.15) is 13.2 Å². The van der Waals surface area contributed by atoms with Gasteiger partial charge in [0.1, 0.15) is 6.54 Å². The lowest BCUT2D eigenvalue weighted by Crippen LogP contribution is -2.49. The molecule has 116 valence electrons. The third-order valence-corrected chi connectivity index (χ3v) is 2.81. The first-order chi connectivity index (χ1) is 9.24. The molecule has 0 heterocycles. The number of carbonyl (C=O) groups excluding carboxylic acids is 1. The zero-order valence-corrected chi connectivity index (χ0v) is 10.8. The highest BCUT2D eigenvalue weighted by Crippen LogP contribution is 2.28. The van der Waals surface area contributed by atoms with Crippen molar-refractivity contribution in [1.82, 2.24) is 9.80 Å². The number of carboxylic acids is 1. The first-order valence-corrected chi connectivity index (χ1v) is 6.19. The van der Waals surface area contributed by atoms with Crippen molar-refractivity contribution in [1.29, 1.82) is 0 Å². The number of amides is 2. The van der Waals surface area contributed by atoms with Gasteiger partial charge in [0, 0.05) is 19.1 Å². The van der Waals surface area contributed by atoms with Crippen LogP contribution in [0.3, 0.4) is 0 Å². The van der Waals surface area contributed by atoms with Crippen LogP contribution < -0.4 is 0 Å². The van der Waals surface area contributed by atoms with Crippen molar-refractivity contribution >= 4 is 12.0 Å². The Morgan fingerprint density at radius 2 is 1.80 bits per heavy atom. The van der Waals surface area contributed by atoms with E-state index in [9.17, 15) is 22.8 Å². The number of nitrogens with zero attached hydrogens (tertiary/aromatic N) is 2. The van der Waals surface area contributed by atoms with Gasteiger partial charge in [-0.15, -0.1) is 0 Å². The minimum absolute atomic E-state index is 0.126. The first kappa shape index (κ1) is 16.5.